The van der Waals surface area contributed by atoms with Gasteiger partial charge >= 0.3 is 5.63 Å². The van der Waals surface area contributed by atoms with Gasteiger partial charge in [-0.15, -0.1) is 11.3 Å². The molecule has 2 aromatic carbocycles. The first-order chi connectivity index (χ1) is 13.2. The van der Waals surface area contributed by atoms with Crippen LogP contribution in [-0.4, -0.2) is 10.9 Å². The highest BCUT2D eigenvalue weighted by Gasteiger charge is 2.12. The number of rotatable bonds is 4. The number of carbonyl (C=O) groups excluding carboxylic acids is 1. The predicted molar refractivity (Wildman–Crippen MR) is 108 cm³/mol. The molecule has 132 valence electrons. The van der Waals surface area contributed by atoms with E-state index in [-0.39, 0.29) is 5.91 Å². The standard InChI is InChI=1S/C21H14N2O3S/c24-19(11-10-14-6-2-1-3-7-14)23-21-22-17(13-27-21)16-12-15-8-4-5-9-18(15)26-20(16)25/h1-13H,(H,22,23,24)/b11-10+. The lowest BCUT2D eigenvalue weighted by Crippen LogP contribution is -2.08. The molecule has 0 fully saturated rings. The molecule has 5 nitrogen and oxygen atoms in total. The number of hydrogen-bond donors (Lipinski definition) is 1. The summed E-state index contributed by atoms with van der Waals surface area (Å²) in [4.78, 5) is 28.6. The SMILES string of the molecule is O=C(/C=C/c1ccccc1)Nc1nc(-c2cc3ccccc3oc2=O)cs1. The Bertz CT molecular complexity index is 1190. The van der Waals surface area contributed by atoms with E-state index in [0.717, 1.165) is 10.9 Å². The van der Waals surface area contributed by atoms with E-state index in [1.807, 2.05) is 48.5 Å². The molecule has 2 aromatic heterocycles. The number of amides is 1. The average molecular weight is 374 g/mol. The van der Waals surface area contributed by atoms with Crippen LogP contribution in [0.2, 0.25) is 0 Å². The fraction of sp³-hybridized carbons (Fsp3) is 0. The number of thiazole rings is 1. The molecule has 0 bridgehead atoms. The van der Waals surface area contributed by atoms with E-state index in [1.54, 1.807) is 23.6 Å². The lowest BCUT2D eigenvalue weighted by molar-refractivity contribution is -0.111. The Balaban J connectivity index is 1.53. The maximum Gasteiger partial charge on any atom is 0.345 e. The molecule has 0 aliphatic heterocycles. The molecule has 0 saturated carbocycles. The van der Waals surface area contributed by atoms with Crippen molar-refractivity contribution in [1.29, 1.82) is 0 Å². The smallest absolute Gasteiger partial charge is 0.345 e. The summed E-state index contributed by atoms with van der Waals surface area (Å²) in [5.41, 5.74) is 1.84. The highest BCUT2D eigenvalue weighted by Crippen LogP contribution is 2.25. The zero-order valence-corrected chi connectivity index (χ0v) is 14.9. The van der Waals surface area contributed by atoms with Crippen molar-refractivity contribution < 1.29 is 9.21 Å². The lowest BCUT2D eigenvalue weighted by Gasteiger charge is -1.99. The molecular formula is C21H14N2O3S. The average Bonchev–Trinajstić information content (AvgIpc) is 3.15. The maximum atomic E-state index is 12.2. The number of carbonyl (C=O) groups is 1. The van der Waals surface area contributed by atoms with E-state index in [4.69, 9.17) is 4.42 Å². The van der Waals surface area contributed by atoms with E-state index < -0.39 is 5.63 Å². The number of anilines is 1. The second-order valence-electron chi connectivity index (χ2n) is 5.76. The Morgan fingerprint density at radius 1 is 1.07 bits per heavy atom. The van der Waals surface area contributed by atoms with Crippen molar-refractivity contribution >= 4 is 39.4 Å². The quantitative estimate of drug-likeness (QED) is 0.420. The van der Waals surface area contributed by atoms with Crippen LogP contribution < -0.4 is 10.9 Å². The Kier molecular flexibility index (Phi) is 4.63. The van der Waals surface area contributed by atoms with Crippen LogP contribution in [0.4, 0.5) is 5.13 Å². The molecule has 1 amide bonds. The van der Waals surface area contributed by atoms with E-state index >= 15 is 0 Å². The van der Waals surface area contributed by atoms with Crippen LogP contribution in [0.15, 0.2) is 81.3 Å². The molecule has 4 rings (SSSR count). The zero-order valence-electron chi connectivity index (χ0n) is 14.1. The monoisotopic (exact) mass is 374 g/mol. The number of nitrogens with one attached hydrogen (secondary N) is 1. The van der Waals surface area contributed by atoms with E-state index in [0.29, 0.717) is 22.0 Å². The number of para-hydroxylation sites is 1. The van der Waals surface area contributed by atoms with Crippen LogP contribution in [0.25, 0.3) is 28.3 Å². The molecule has 0 atom stereocenters. The first kappa shape index (κ1) is 16.9. The normalized spacial score (nSPS) is 11.1. The van der Waals surface area contributed by atoms with Gasteiger partial charge < -0.3 is 4.42 Å². The van der Waals surface area contributed by atoms with Gasteiger partial charge in [0.1, 0.15) is 5.58 Å². The Labute approximate surface area is 158 Å². The number of benzene rings is 2. The summed E-state index contributed by atoms with van der Waals surface area (Å²) < 4.78 is 5.34. The van der Waals surface area contributed by atoms with Crippen molar-refractivity contribution in [3.8, 4) is 11.3 Å². The molecule has 1 N–H and O–H groups in total. The summed E-state index contributed by atoms with van der Waals surface area (Å²) >= 11 is 1.25. The number of aromatic nitrogens is 1. The topological polar surface area (TPSA) is 72.2 Å². The summed E-state index contributed by atoms with van der Waals surface area (Å²) in [6.45, 7) is 0. The van der Waals surface area contributed by atoms with Gasteiger partial charge in [-0.2, -0.15) is 0 Å². The molecule has 0 unspecified atom stereocenters. The summed E-state index contributed by atoms with van der Waals surface area (Å²) in [6.07, 6.45) is 3.17. The first-order valence-electron chi connectivity index (χ1n) is 8.22. The Morgan fingerprint density at radius 2 is 1.85 bits per heavy atom. The van der Waals surface area contributed by atoms with Crippen LogP contribution in [0.5, 0.6) is 0 Å². The van der Waals surface area contributed by atoms with Crippen LogP contribution in [0, 0.1) is 0 Å². The maximum absolute atomic E-state index is 12.2. The molecule has 0 aliphatic rings. The van der Waals surface area contributed by atoms with Gasteiger partial charge in [-0.3, -0.25) is 10.1 Å². The molecule has 0 spiro atoms. The summed E-state index contributed by atoms with van der Waals surface area (Å²) in [7, 11) is 0. The van der Waals surface area contributed by atoms with Crippen LogP contribution in [0.3, 0.4) is 0 Å². The van der Waals surface area contributed by atoms with Crippen LogP contribution in [-0.2, 0) is 4.79 Å². The van der Waals surface area contributed by atoms with Crippen molar-refractivity contribution in [2.45, 2.75) is 0 Å². The molecule has 6 heteroatoms. The Hall–Kier alpha value is -3.51. The highest BCUT2D eigenvalue weighted by molar-refractivity contribution is 7.14. The number of hydrogen-bond acceptors (Lipinski definition) is 5. The third kappa shape index (κ3) is 3.86. The minimum atomic E-state index is -0.458. The zero-order chi connectivity index (χ0) is 18.6. The van der Waals surface area contributed by atoms with Gasteiger partial charge in [0.25, 0.3) is 0 Å². The number of fused-ring (bicyclic) bond motifs is 1. The van der Waals surface area contributed by atoms with Gasteiger partial charge in [0, 0.05) is 16.8 Å². The summed E-state index contributed by atoms with van der Waals surface area (Å²) in [5, 5.41) is 5.66. The summed E-state index contributed by atoms with van der Waals surface area (Å²) in [5.74, 6) is -0.287. The molecule has 0 saturated heterocycles. The van der Waals surface area contributed by atoms with Crippen molar-refractivity contribution in [2.75, 3.05) is 5.32 Å². The first-order valence-corrected chi connectivity index (χ1v) is 9.10. The lowest BCUT2D eigenvalue weighted by atomic mass is 10.1. The molecule has 4 aromatic rings. The Morgan fingerprint density at radius 3 is 2.70 bits per heavy atom. The van der Waals surface area contributed by atoms with Crippen molar-refractivity contribution in [1.82, 2.24) is 4.98 Å². The second kappa shape index (κ2) is 7.39. The largest absolute Gasteiger partial charge is 0.422 e. The minimum Gasteiger partial charge on any atom is -0.422 e. The van der Waals surface area contributed by atoms with Gasteiger partial charge in [-0.05, 0) is 23.8 Å². The summed E-state index contributed by atoms with van der Waals surface area (Å²) in [6, 6.07) is 18.6. The van der Waals surface area contributed by atoms with Crippen molar-refractivity contribution in [3.05, 3.63) is 88.1 Å². The van der Waals surface area contributed by atoms with Gasteiger partial charge in [0.05, 0.1) is 11.3 Å². The van der Waals surface area contributed by atoms with Gasteiger partial charge in [-0.25, -0.2) is 9.78 Å². The van der Waals surface area contributed by atoms with Crippen LogP contribution >= 0.6 is 11.3 Å². The second-order valence-corrected chi connectivity index (χ2v) is 6.61. The molecule has 0 radical (unpaired) electrons. The van der Waals surface area contributed by atoms with Gasteiger partial charge in [-0.1, -0.05) is 48.5 Å². The van der Waals surface area contributed by atoms with Gasteiger partial charge in [0.2, 0.25) is 5.91 Å². The van der Waals surface area contributed by atoms with E-state index in [1.165, 1.54) is 17.4 Å². The highest BCUT2D eigenvalue weighted by atomic mass is 32.1. The molecular weight excluding hydrogens is 360 g/mol. The fourth-order valence-corrected chi connectivity index (χ4v) is 3.29. The fourth-order valence-electron chi connectivity index (χ4n) is 2.58. The van der Waals surface area contributed by atoms with Crippen molar-refractivity contribution in [3.63, 3.8) is 0 Å². The van der Waals surface area contributed by atoms with E-state index in [9.17, 15) is 9.59 Å². The third-order valence-corrected chi connectivity index (χ3v) is 4.64. The predicted octanol–water partition coefficient (Wildman–Crippen LogP) is 4.57. The third-order valence-electron chi connectivity index (χ3n) is 3.88. The van der Waals surface area contributed by atoms with E-state index in [2.05, 4.69) is 10.3 Å². The molecule has 27 heavy (non-hydrogen) atoms. The van der Waals surface area contributed by atoms with Crippen molar-refractivity contribution in [2.24, 2.45) is 0 Å². The minimum absolute atomic E-state index is 0.287. The van der Waals surface area contributed by atoms with Crippen LogP contribution in [0.1, 0.15) is 5.56 Å². The molecule has 2 heterocycles. The van der Waals surface area contributed by atoms with Gasteiger partial charge in [0.15, 0.2) is 5.13 Å². The molecule has 0 aliphatic carbocycles. The number of nitrogens with zero attached hydrogens (tertiary/aromatic N) is 1.